The Balaban J connectivity index is 1.34. The zero-order valence-electron chi connectivity index (χ0n) is 14.8. The van der Waals surface area contributed by atoms with E-state index in [0.717, 1.165) is 36.1 Å². The maximum Gasteiger partial charge on any atom is 0.272 e. The number of nitrogens with one attached hydrogen (secondary N) is 1. The second kappa shape index (κ2) is 7.19. The van der Waals surface area contributed by atoms with Gasteiger partial charge in [-0.15, -0.1) is 10.2 Å². The van der Waals surface area contributed by atoms with Crippen molar-refractivity contribution in [2.24, 2.45) is 5.92 Å². The Bertz CT molecular complexity index is 786. The van der Waals surface area contributed by atoms with Gasteiger partial charge in [-0.05, 0) is 48.6 Å². The number of hydrogen-bond donors (Lipinski definition) is 1. The molecule has 0 bridgehead atoms. The van der Waals surface area contributed by atoms with Gasteiger partial charge in [0.1, 0.15) is 0 Å². The molecule has 2 aromatic rings. The molecule has 0 saturated carbocycles. The van der Waals surface area contributed by atoms with Crippen molar-refractivity contribution >= 4 is 11.7 Å². The molecule has 0 atom stereocenters. The van der Waals surface area contributed by atoms with E-state index in [2.05, 4.69) is 27.3 Å². The first-order valence-electron chi connectivity index (χ1n) is 8.94. The topological polar surface area (TPSA) is 76.6 Å². The van der Waals surface area contributed by atoms with Gasteiger partial charge in [-0.1, -0.05) is 13.0 Å². The van der Waals surface area contributed by atoms with Crippen molar-refractivity contribution in [2.75, 3.05) is 24.8 Å². The van der Waals surface area contributed by atoms with Crippen LogP contribution in [0.2, 0.25) is 0 Å². The SMILES string of the molecule is CC1CCN(c2ccc(C(=O)NCc3ccc4c(c3)OCO4)nn2)CC1. The van der Waals surface area contributed by atoms with Crippen LogP contribution in [0.15, 0.2) is 30.3 Å². The third-order valence-electron chi connectivity index (χ3n) is 4.88. The largest absolute Gasteiger partial charge is 0.454 e. The summed E-state index contributed by atoms with van der Waals surface area (Å²) in [4.78, 5) is 14.5. The Hall–Kier alpha value is -2.83. The highest BCUT2D eigenvalue weighted by molar-refractivity contribution is 5.92. The number of hydrogen-bond acceptors (Lipinski definition) is 6. The highest BCUT2D eigenvalue weighted by Crippen LogP contribution is 2.32. The first-order valence-corrected chi connectivity index (χ1v) is 8.94. The molecule has 0 unspecified atom stereocenters. The summed E-state index contributed by atoms with van der Waals surface area (Å²) in [6.45, 7) is 4.89. The Morgan fingerprint density at radius 3 is 2.73 bits per heavy atom. The molecule has 0 spiro atoms. The van der Waals surface area contributed by atoms with E-state index in [-0.39, 0.29) is 12.7 Å². The van der Waals surface area contributed by atoms with E-state index >= 15 is 0 Å². The van der Waals surface area contributed by atoms with Gasteiger partial charge in [-0.25, -0.2) is 0 Å². The van der Waals surface area contributed by atoms with Crippen LogP contribution >= 0.6 is 0 Å². The Kier molecular flexibility index (Phi) is 4.60. The van der Waals surface area contributed by atoms with Gasteiger partial charge < -0.3 is 19.7 Å². The van der Waals surface area contributed by atoms with Gasteiger partial charge >= 0.3 is 0 Å². The van der Waals surface area contributed by atoms with Crippen LogP contribution in [0.3, 0.4) is 0 Å². The van der Waals surface area contributed by atoms with Crippen LogP contribution in [-0.2, 0) is 6.54 Å². The van der Waals surface area contributed by atoms with E-state index < -0.39 is 0 Å². The number of carbonyl (C=O) groups is 1. The third-order valence-corrected chi connectivity index (χ3v) is 4.88. The zero-order chi connectivity index (χ0) is 17.9. The lowest BCUT2D eigenvalue weighted by molar-refractivity contribution is 0.0945. The first-order chi connectivity index (χ1) is 12.7. The smallest absolute Gasteiger partial charge is 0.272 e. The average Bonchev–Trinajstić information content (AvgIpc) is 3.15. The molecule has 7 heteroatoms. The van der Waals surface area contributed by atoms with Crippen LogP contribution < -0.4 is 19.7 Å². The van der Waals surface area contributed by atoms with Crippen LogP contribution in [-0.4, -0.2) is 36.0 Å². The molecule has 2 aliphatic heterocycles. The second-order valence-electron chi connectivity index (χ2n) is 6.82. The molecule has 1 saturated heterocycles. The van der Waals surface area contributed by atoms with Gasteiger partial charge in [0.25, 0.3) is 5.91 Å². The minimum Gasteiger partial charge on any atom is -0.454 e. The number of piperidine rings is 1. The van der Waals surface area contributed by atoms with Gasteiger partial charge in [0.05, 0.1) is 0 Å². The van der Waals surface area contributed by atoms with E-state index in [9.17, 15) is 4.79 Å². The van der Waals surface area contributed by atoms with Crippen molar-refractivity contribution < 1.29 is 14.3 Å². The van der Waals surface area contributed by atoms with E-state index in [1.165, 1.54) is 12.8 Å². The zero-order valence-corrected chi connectivity index (χ0v) is 14.8. The van der Waals surface area contributed by atoms with E-state index in [0.29, 0.717) is 18.0 Å². The van der Waals surface area contributed by atoms with Crippen molar-refractivity contribution in [1.29, 1.82) is 0 Å². The summed E-state index contributed by atoms with van der Waals surface area (Å²) in [7, 11) is 0. The predicted molar refractivity (Wildman–Crippen MR) is 96.4 cm³/mol. The molecule has 3 heterocycles. The maximum absolute atomic E-state index is 12.3. The fraction of sp³-hybridized carbons (Fsp3) is 0.421. The fourth-order valence-corrected chi connectivity index (χ4v) is 3.18. The lowest BCUT2D eigenvalue weighted by atomic mass is 9.99. The minimum absolute atomic E-state index is 0.239. The average molecular weight is 354 g/mol. The molecule has 1 amide bonds. The molecule has 0 radical (unpaired) electrons. The molecule has 1 fully saturated rings. The molecule has 26 heavy (non-hydrogen) atoms. The molecular formula is C19H22N4O3. The van der Waals surface area contributed by atoms with E-state index in [1.807, 2.05) is 24.3 Å². The van der Waals surface area contributed by atoms with Crippen molar-refractivity contribution in [2.45, 2.75) is 26.3 Å². The quantitative estimate of drug-likeness (QED) is 0.908. The van der Waals surface area contributed by atoms with Gasteiger partial charge in [0.2, 0.25) is 6.79 Å². The Morgan fingerprint density at radius 1 is 1.15 bits per heavy atom. The summed E-state index contributed by atoms with van der Waals surface area (Å²) in [5.41, 5.74) is 1.26. The van der Waals surface area contributed by atoms with Crippen LogP contribution in [0.1, 0.15) is 35.8 Å². The molecule has 1 aromatic heterocycles. The number of benzene rings is 1. The molecular weight excluding hydrogens is 332 g/mol. The highest BCUT2D eigenvalue weighted by Gasteiger charge is 2.18. The van der Waals surface area contributed by atoms with Crippen LogP contribution in [0.5, 0.6) is 11.5 Å². The van der Waals surface area contributed by atoms with Gasteiger partial charge in [-0.3, -0.25) is 4.79 Å². The lowest BCUT2D eigenvalue weighted by Gasteiger charge is -2.30. The van der Waals surface area contributed by atoms with E-state index in [4.69, 9.17) is 9.47 Å². The summed E-state index contributed by atoms with van der Waals surface area (Å²) < 4.78 is 10.6. The monoisotopic (exact) mass is 354 g/mol. The standard InChI is InChI=1S/C19H22N4O3/c1-13-6-8-23(9-7-13)18-5-3-15(21-22-18)19(24)20-11-14-2-4-16-17(10-14)26-12-25-16/h2-5,10,13H,6-9,11-12H2,1H3,(H,20,24). The van der Waals surface area contributed by atoms with Crippen molar-refractivity contribution in [3.63, 3.8) is 0 Å². The normalized spacial score (nSPS) is 16.6. The summed E-state index contributed by atoms with van der Waals surface area (Å²) in [6.07, 6.45) is 2.33. The molecule has 136 valence electrons. The highest BCUT2D eigenvalue weighted by atomic mass is 16.7. The molecule has 0 aliphatic carbocycles. The maximum atomic E-state index is 12.3. The predicted octanol–water partition coefficient (Wildman–Crippen LogP) is 2.37. The lowest BCUT2D eigenvalue weighted by Crippen LogP contribution is -2.33. The van der Waals surface area contributed by atoms with Crippen molar-refractivity contribution in [3.8, 4) is 11.5 Å². The first kappa shape index (κ1) is 16.6. The fourth-order valence-electron chi connectivity index (χ4n) is 3.18. The number of carbonyl (C=O) groups excluding carboxylic acids is 1. The number of nitrogens with zero attached hydrogens (tertiary/aromatic N) is 3. The van der Waals surface area contributed by atoms with Crippen molar-refractivity contribution in [3.05, 3.63) is 41.6 Å². The summed E-state index contributed by atoms with van der Waals surface area (Å²) in [5, 5.41) is 11.2. The molecule has 1 N–H and O–H groups in total. The van der Waals surface area contributed by atoms with Crippen LogP contribution in [0.25, 0.3) is 0 Å². The summed E-state index contributed by atoms with van der Waals surface area (Å²) in [5.74, 6) is 2.80. The number of rotatable bonds is 4. The molecule has 2 aliphatic rings. The van der Waals surface area contributed by atoms with Crippen LogP contribution in [0.4, 0.5) is 5.82 Å². The number of amides is 1. The van der Waals surface area contributed by atoms with Crippen molar-refractivity contribution in [1.82, 2.24) is 15.5 Å². The second-order valence-corrected chi connectivity index (χ2v) is 6.82. The number of ether oxygens (including phenoxy) is 2. The third kappa shape index (κ3) is 3.56. The number of aromatic nitrogens is 2. The molecule has 7 nitrogen and oxygen atoms in total. The number of fused-ring (bicyclic) bond motifs is 1. The number of anilines is 1. The van der Waals surface area contributed by atoms with Crippen LogP contribution in [0, 0.1) is 5.92 Å². The van der Waals surface area contributed by atoms with Gasteiger partial charge in [0, 0.05) is 19.6 Å². The minimum atomic E-state index is -0.242. The summed E-state index contributed by atoms with van der Waals surface area (Å²) >= 11 is 0. The van der Waals surface area contributed by atoms with E-state index in [1.54, 1.807) is 6.07 Å². The molecule has 4 rings (SSSR count). The molecule has 1 aromatic carbocycles. The van der Waals surface area contributed by atoms with Gasteiger partial charge in [-0.2, -0.15) is 0 Å². The van der Waals surface area contributed by atoms with Gasteiger partial charge in [0.15, 0.2) is 23.0 Å². The Labute approximate surface area is 152 Å². The Morgan fingerprint density at radius 2 is 1.96 bits per heavy atom. The summed E-state index contributed by atoms with van der Waals surface area (Å²) in [6, 6.07) is 9.22.